The molecule has 0 aliphatic rings. The summed E-state index contributed by atoms with van der Waals surface area (Å²) in [4.78, 5) is 11.6. The molecule has 0 bridgehead atoms. The highest BCUT2D eigenvalue weighted by atomic mass is 35.5. The first-order chi connectivity index (χ1) is 7.63. The molecule has 0 aliphatic heterocycles. The number of carbonyl (C=O) groups excluding carboxylic acids is 1. The lowest BCUT2D eigenvalue weighted by Gasteiger charge is -2.08. The maximum Gasteiger partial charge on any atom is 0.224 e. The summed E-state index contributed by atoms with van der Waals surface area (Å²) in [5.41, 5.74) is 1.79. The summed E-state index contributed by atoms with van der Waals surface area (Å²) >= 11 is 11.4. The largest absolute Gasteiger partial charge is 0.326 e. The molecule has 1 N–H and O–H groups in total. The molecule has 1 rings (SSSR count). The Morgan fingerprint density at radius 2 is 2.12 bits per heavy atom. The van der Waals surface area contributed by atoms with Gasteiger partial charge in [-0.15, -0.1) is 11.6 Å². The molecule has 1 amide bonds. The van der Waals surface area contributed by atoms with Crippen LogP contribution >= 0.6 is 23.2 Å². The van der Waals surface area contributed by atoms with Crippen LogP contribution in [0.5, 0.6) is 0 Å². The van der Waals surface area contributed by atoms with Crippen LogP contribution < -0.4 is 5.32 Å². The molecular weight excluding hydrogens is 245 g/mol. The molecule has 0 radical (unpaired) electrons. The molecular formula is C12H15Cl2NO. The monoisotopic (exact) mass is 259 g/mol. The lowest BCUT2D eigenvalue weighted by Crippen LogP contribution is -2.12. The van der Waals surface area contributed by atoms with Gasteiger partial charge in [0.2, 0.25) is 5.91 Å². The van der Waals surface area contributed by atoms with E-state index in [9.17, 15) is 4.79 Å². The lowest BCUT2D eigenvalue weighted by molar-refractivity contribution is -0.116. The Morgan fingerprint density at radius 3 is 2.81 bits per heavy atom. The van der Waals surface area contributed by atoms with Crippen LogP contribution in [0.25, 0.3) is 0 Å². The third-order valence-electron chi connectivity index (χ3n) is 2.26. The molecule has 0 spiro atoms. The molecule has 0 saturated carbocycles. The number of anilines is 1. The number of halogens is 2. The molecule has 0 atom stereocenters. The molecule has 1 aromatic carbocycles. The average Bonchev–Trinajstić information content (AvgIpc) is 2.24. The second-order valence-corrected chi connectivity index (χ2v) is 4.47. The van der Waals surface area contributed by atoms with E-state index in [1.165, 1.54) is 0 Å². The average molecular weight is 260 g/mol. The van der Waals surface area contributed by atoms with Gasteiger partial charge in [-0.05, 0) is 37.5 Å². The minimum atomic E-state index is 0.00971. The van der Waals surface area contributed by atoms with E-state index in [-0.39, 0.29) is 5.91 Å². The van der Waals surface area contributed by atoms with Crippen molar-refractivity contribution in [2.45, 2.75) is 26.2 Å². The standard InChI is InChI=1S/C12H15Cl2NO/c1-9-5-6-10(14)8-11(9)15-12(16)4-2-3-7-13/h5-6,8H,2-4,7H2,1H3,(H,15,16). The van der Waals surface area contributed by atoms with Crippen LogP contribution in [0.15, 0.2) is 18.2 Å². The zero-order chi connectivity index (χ0) is 12.0. The minimum absolute atomic E-state index is 0.00971. The Bertz CT molecular complexity index is 366. The number of rotatable bonds is 5. The van der Waals surface area contributed by atoms with Gasteiger partial charge >= 0.3 is 0 Å². The summed E-state index contributed by atoms with van der Waals surface area (Å²) in [6.45, 7) is 1.94. The Labute approximate surface area is 106 Å². The van der Waals surface area contributed by atoms with Gasteiger partial charge in [0.05, 0.1) is 0 Å². The van der Waals surface area contributed by atoms with Gasteiger partial charge in [-0.1, -0.05) is 17.7 Å². The van der Waals surface area contributed by atoms with Gasteiger partial charge in [0.25, 0.3) is 0 Å². The maximum absolute atomic E-state index is 11.6. The predicted molar refractivity (Wildman–Crippen MR) is 69.4 cm³/mol. The van der Waals surface area contributed by atoms with Crippen LogP contribution in [-0.2, 0) is 4.79 Å². The van der Waals surface area contributed by atoms with E-state index in [0.29, 0.717) is 17.3 Å². The highest BCUT2D eigenvalue weighted by Gasteiger charge is 2.04. The number of benzene rings is 1. The summed E-state index contributed by atoms with van der Waals surface area (Å²) in [6, 6.07) is 5.45. The van der Waals surface area contributed by atoms with Crippen molar-refractivity contribution in [1.29, 1.82) is 0 Å². The molecule has 4 heteroatoms. The van der Waals surface area contributed by atoms with E-state index in [0.717, 1.165) is 24.1 Å². The number of aryl methyl sites for hydroxylation is 1. The SMILES string of the molecule is Cc1ccc(Cl)cc1NC(=O)CCCCCl. The fraction of sp³-hybridized carbons (Fsp3) is 0.417. The fourth-order valence-electron chi connectivity index (χ4n) is 1.32. The number of hydrogen-bond acceptors (Lipinski definition) is 1. The summed E-state index contributed by atoms with van der Waals surface area (Å²) < 4.78 is 0. The highest BCUT2D eigenvalue weighted by molar-refractivity contribution is 6.31. The second-order valence-electron chi connectivity index (χ2n) is 3.65. The first kappa shape index (κ1) is 13.3. The van der Waals surface area contributed by atoms with Crippen molar-refractivity contribution in [3.05, 3.63) is 28.8 Å². The Kier molecular flexibility index (Phi) is 5.64. The molecule has 16 heavy (non-hydrogen) atoms. The number of amides is 1. The zero-order valence-electron chi connectivity index (χ0n) is 9.22. The Morgan fingerprint density at radius 1 is 1.38 bits per heavy atom. The van der Waals surface area contributed by atoms with Gasteiger partial charge in [0.1, 0.15) is 0 Å². The molecule has 0 saturated heterocycles. The van der Waals surface area contributed by atoms with Crippen molar-refractivity contribution in [1.82, 2.24) is 0 Å². The predicted octanol–water partition coefficient (Wildman–Crippen LogP) is 4.00. The first-order valence-corrected chi connectivity index (χ1v) is 6.16. The molecule has 88 valence electrons. The number of nitrogens with one attached hydrogen (secondary N) is 1. The molecule has 2 nitrogen and oxygen atoms in total. The summed E-state index contributed by atoms with van der Waals surface area (Å²) in [7, 11) is 0. The molecule has 0 unspecified atom stereocenters. The second kappa shape index (κ2) is 6.77. The normalized spacial score (nSPS) is 10.2. The van der Waals surface area contributed by atoms with Crippen LogP contribution in [0.3, 0.4) is 0 Å². The third kappa shape index (κ3) is 4.42. The maximum atomic E-state index is 11.6. The fourth-order valence-corrected chi connectivity index (χ4v) is 1.68. The van der Waals surface area contributed by atoms with Crippen LogP contribution in [0.2, 0.25) is 5.02 Å². The summed E-state index contributed by atoms with van der Waals surface area (Å²) in [5.74, 6) is 0.610. The van der Waals surface area contributed by atoms with Gasteiger partial charge in [0, 0.05) is 23.0 Å². The van der Waals surface area contributed by atoms with Gasteiger partial charge in [-0.2, -0.15) is 0 Å². The van der Waals surface area contributed by atoms with Crippen molar-refractivity contribution in [2.75, 3.05) is 11.2 Å². The van der Waals surface area contributed by atoms with Crippen LogP contribution in [0, 0.1) is 6.92 Å². The van der Waals surface area contributed by atoms with Crippen molar-refractivity contribution in [2.24, 2.45) is 0 Å². The topological polar surface area (TPSA) is 29.1 Å². The van der Waals surface area contributed by atoms with Crippen LogP contribution in [0.4, 0.5) is 5.69 Å². The smallest absolute Gasteiger partial charge is 0.224 e. The van der Waals surface area contributed by atoms with Crippen molar-refractivity contribution >= 4 is 34.8 Å². The number of alkyl halides is 1. The van der Waals surface area contributed by atoms with Gasteiger partial charge in [0.15, 0.2) is 0 Å². The van der Waals surface area contributed by atoms with Crippen molar-refractivity contribution < 1.29 is 4.79 Å². The van der Waals surface area contributed by atoms with E-state index in [2.05, 4.69) is 5.32 Å². The molecule has 0 fully saturated rings. The van der Waals surface area contributed by atoms with Crippen molar-refractivity contribution in [3.63, 3.8) is 0 Å². The summed E-state index contributed by atoms with van der Waals surface area (Å²) in [5, 5.41) is 3.47. The summed E-state index contributed by atoms with van der Waals surface area (Å²) in [6.07, 6.45) is 2.18. The van der Waals surface area contributed by atoms with Gasteiger partial charge in [-0.3, -0.25) is 4.79 Å². The van der Waals surface area contributed by atoms with Crippen molar-refractivity contribution in [3.8, 4) is 0 Å². The lowest BCUT2D eigenvalue weighted by atomic mass is 10.2. The van der Waals surface area contributed by atoms with Crippen LogP contribution in [-0.4, -0.2) is 11.8 Å². The molecule has 0 aliphatic carbocycles. The number of unbranched alkanes of at least 4 members (excludes halogenated alkanes) is 1. The first-order valence-electron chi connectivity index (χ1n) is 5.25. The van der Waals surface area contributed by atoms with Gasteiger partial charge in [-0.25, -0.2) is 0 Å². The van der Waals surface area contributed by atoms with E-state index >= 15 is 0 Å². The van der Waals surface area contributed by atoms with Crippen LogP contribution in [0.1, 0.15) is 24.8 Å². The van der Waals surface area contributed by atoms with E-state index in [4.69, 9.17) is 23.2 Å². The number of hydrogen-bond donors (Lipinski definition) is 1. The number of carbonyl (C=O) groups is 1. The third-order valence-corrected chi connectivity index (χ3v) is 2.76. The highest BCUT2D eigenvalue weighted by Crippen LogP contribution is 2.20. The van der Waals surface area contributed by atoms with E-state index < -0.39 is 0 Å². The zero-order valence-corrected chi connectivity index (χ0v) is 10.7. The Hall–Kier alpha value is -0.730. The molecule has 0 aromatic heterocycles. The van der Waals surface area contributed by atoms with E-state index in [1.807, 2.05) is 13.0 Å². The minimum Gasteiger partial charge on any atom is -0.326 e. The molecule has 1 aromatic rings. The van der Waals surface area contributed by atoms with E-state index in [1.54, 1.807) is 12.1 Å². The molecule has 0 heterocycles. The van der Waals surface area contributed by atoms with Gasteiger partial charge < -0.3 is 5.32 Å². The Balaban J connectivity index is 2.52. The quantitative estimate of drug-likeness (QED) is 0.629.